The van der Waals surface area contributed by atoms with Gasteiger partial charge in [-0.1, -0.05) is 44.2 Å². The zero-order valence-electron chi connectivity index (χ0n) is 14.7. The second-order valence-electron chi connectivity index (χ2n) is 7.29. The Kier molecular flexibility index (Phi) is 4.62. The quantitative estimate of drug-likeness (QED) is 0.663. The average molecular weight is 315 g/mol. The summed E-state index contributed by atoms with van der Waals surface area (Å²) in [6.45, 7) is 10.5. The Hall–Kier alpha value is -1.55. The van der Waals surface area contributed by atoms with Gasteiger partial charge in [0.1, 0.15) is 0 Å². The molecule has 4 unspecified atom stereocenters. The molecule has 3 rings (SSSR count). The molecular weight excluding hydrogens is 286 g/mol. The van der Waals surface area contributed by atoms with Crippen LogP contribution >= 0.6 is 0 Å². The number of benzene rings is 1. The zero-order chi connectivity index (χ0) is 16.4. The molecule has 4 nitrogen and oxygen atoms in total. The van der Waals surface area contributed by atoms with Gasteiger partial charge in [0.25, 0.3) is 0 Å². The number of aliphatic imine (C=N–C) groups is 1. The zero-order valence-corrected chi connectivity index (χ0v) is 14.7. The predicted octanol–water partition coefficient (Wildman–Crippen LogP) is 3.12. The molecule has 0 aromatic heterocycles. The molecule has 0 radical (unpaired) electrons. The van der Waals surface area contributed by atoms with E-state index in [0.717, 1.165) is 25.5 Å². The van der Waals surface area contributed by atoms with Crippen LogP contribution in [0.4, 0.5) is 0 Å². The first kappa shape index (κ1) is 16.3. The molecule has 0 spiro atoms. The fourth-order valence-electron chi connectivity index (χ4n) is 4.09. The van der Waals surface area contributed by atoms with Crippen molar-refractivity contribution in [2.75, 3.05) is 13.2 Å². The van der Waals surface area contributed by atoms with E-state index in [1.165, 1.54) is 5.56 Å². The van der Waals surface area contributed by atoms with Crippen LogP contribution in [0.5, 0.6) is 0 Å². The lowest BCUT2D eigenvalue weighted by atomic mass is 9.57. The number of guanidine groups is 1. The smallest absolute Gasteiger partial charge is 0.191 e. The first-order valence-electron chi connectivity index (χ1n) is 8.78. The van der Waals surface area contributed by atoms with Crippen LogP contribution in [-0.2, 0) is 4.74 Å². The van der Waals surface area contributed by atoms with Crippen LogP contribution in [-0.4, -0.2) is 31.3 Å². The molecule has 1 aliphatic carbocycles. The van der Waals surface area contributed by atoms with Crippen LogP contribution < -0.4 is 10.6 Å². The van der Waals surface area contributed by atoms with Gasteiger partial charge < -0.3 is 15.4 Å². The minimum atomic E-state index is 0.160. The van der Waals surface area contributed by atoms with Crippen molar-refractivity contribution in [1.29, 1.82) is 0 Å². The fraction of sp³-hybridized carbons (Fsp3) is 0.632. The van der Waals surface area contributed by atoms with E-state index in [-0.39, 0.29) is 11.5 Å². The molecule has 4 heteroatoms. The third kappa shape index (κ3) is 3.09. The predicted molar refractivity (Wildman–Crippen MR) is 94.5 cm³/mol. The summed E-state index contributed by atoms with van der Waals surface area (Å²) >= 11 is 0. The van der Waals surface area contributed by atoms with E-state index in [4.69, 9.17) is 4.74 Å². The van der Waals surface area contributed by atoms with E-state index in [0.29, 0.717) is 18.1 Å². The Morgan fingerprint density at radius 1 is 1.35 bits per heavy atom. The Morgan fingerprint density at radius 2 is 2.09 bits per heavy atom. The Labute approximate surface area is 139 Å². The van der Waals surface area contributed by atoms with Crippen molar-refractivity contribution in [1.82, 2.24) is 10.6 Å². The number of nitrogens with one attached hydrogen (secondary N) is 2. The molecule has 2 aliphatic rings. The standard InChI is InChI=1S/C19H29N3O/c1-5-20-18(21-13(2)14-9-7-6-8-10-14)22-16-15-11-12-23-17(15)19(16,3)4/h6-10,13,15-17H,5,11-12H2,1-4H3,(H2,20,21,22). The summed E-state index contributed by atoms with van der Waals surface area (Å²) < 4.78 is 5.89. The summed E-state index contributed by atoms with van der Waals surface area (Å²) in [5.74, 6) is 1.52. The second-order valence-corrected chi connectivity index (χ2v) is 7.29. The topological polar surface area (TPSA) is 45.7 Å². The summed E-state index contributed by atoms with van der Waals surface area (Å²) in [7, 11) is 0. The van der Waals surface area contributed by atoms with E-state index in [1.807, 2.05) is 6.07 Å². The maximum absolute atomic E-state index is 5.89. The molecular formula is C19H29N3O. The molecule has 1 saturated carbocycles. The van der Waals surface area contributed by atoms with Crippen LogP contribution in [0, 0.1) is 11.3 Å². The van der Waals surface area contributed by atoms with Gasteiger partial charge >= 0.3 is 0 Å². The lowest BCUT2D eigenvalue weighted by Crippen LogP contribution is -2.68. The SMILES string of the molecule is CCN=C(NC(C)c1ccccc1)NC1C2CCOC2C1(C)C. The molecule has 4 atom stereocenters. The van der Waals surface area contributed by atoms with Crippen LogP contribution in [0.3, 0.4) is 0 Å². The lowest BCUT2D eigenvalue weighted by Gasteiger charge is -2.55. The molecule has 2 fully saturated rings. The van der Waals surface area contributed by atoms with Crippen molar-refractivity contribution in [3.05, 3.63) is 35.9 Å². The van der Waals surface area contributed by atoms with Crippen molar-refractivity contribution in [3.8, 4) is 0 Å². The summed E-state index contributed by atoms with van der Waals surface area (Å²) in [4.78, 5) is 4.64. The lowest BCUT2D eigenvalue weighted by molar-refractivity contribution is -0.106. The number of rotatable bonds is 4. The number of ether oxygens (including phenoxy) is 1. The van der Waals surface area contributed by atoms with E-state index in [9.17, 15) is 0 Å². The van der Waals surface area contributed by atoms with E-state index in [2.05, 4.69) is 67.6 Å². The van der Waals surface area contributed by atoms with E-state index in [1.54, 1.807) is 0 Å². The van der Waals surface area contributed by atoms with Crippen LogP contribution in [0.15, 0.2) is 35.3 Å². The second kappa shape index (κ2) is 6.52. The number of hydrogen-bond acceptors (Lipinski definition) is 2. The van der Waals surface area contributed by atoms with Gasteiger partial charge in [0.05, 0.1) is 12.1 Å². The Balaban J connectivity index is 1.67. The molecule has 23 heavy (non-hydrogen) atoms. The third-order valence-corrected chi connectivity index (χ3v) is 5.36. The highest BCUT2D eigenvalue weighted by atomic mass is 16.5. The summed E-state index contributed by atoms with van der Waals surface area (Å²) in [6, 6.07) is 11.2. The molecule has 126 valence electrons. The van der Waals surface area contributed by atoms with Gasteiger partial charge in [-0.25, -0.2) is 0 Å². The van der Waals surface area contributed by atoms with Gasteiger partial charge in [0.2, 0.25) is 0 Å². The normalized spacial score (nSPS) is 30.3. The van der Waals surface area contributed by atoms with Gasteiger partial charge in [-0.2, -0.15) is 0 Å². The minimum Gasteiger partial charge on any atom is -0.377 e. The van der Waals surface area contributed by atoms with Crippen molar-refractivity contribution >= 4 is 5.96 Å². The summed E-state index contributed by atoms with van der Waals surface area (Å²) in [5.41, 5.74) is 1.43. The fourth-order valence-corrected chi connectivity index (χ4v) is 4.09. The molecule has 1 aromatic rings. The molecule has 1 aromatic carbocycles. The molecule has 2 N–H and O–H groups in total. The first-order valence-corrected chi connectivity index (χ1v) is 8.78. The minimum absolute atomic E-state index is 0.160. The van der Waals surface area contributed by atoms with Crippen molar-refractivity contribution in [2.24, 2.45) is 16.3 Å². The van der Waals surface area contributed by atoms with Gasteiger partial charge in [-0.3, -0.25) is 4.99 Å². The monoisotopic (exact) mass is 315 g/mol. The van der Waals surface area contributed by atoms with E-state index < -0.39 is 0 Å². The maximum atomic E-state index is 5.89. The van der Waals surface area contributed by atoms with Crippen LogP contribution in [0.1, 0.15) is 45.7 Å². The average Bonchev–Trinajstić information content (AvgIpc) is 3.00. The Bertz CT molecular complexity index is 555. The molecule has 1 heterocycles. The highest BCUT2D eigenvalue weighted by Gasteiger charge is 2.59. The van der Waals surface area contributed by atoms with Gasteiger partial charge in [-0.15, -0.1) is 0 Å². The maximum Gasteiger partial charge on any atom is 0.191 e. The van der Waals surface area contributed by atoms with Crippen molar-refractivity contribution in [3.63, 3.8) is 0 Å². The molecule has 0 amide bonds. The highest BCUT2D eigenvalue weighted by molar-refractivity contribution is 5.81. The number of hydrogen-bond donors (Lipinski definition) is 2. The van der Waals surface area contributed by atoms with Crippen molar-refractivity contribution in [2.45, 2.75) is 52.3 Å². The van der Waals surface area contributed by atoms with Crippen molar-refractivity contribution < 1.29 is 4.74 Å². The number of fused-ring (bicyclic) bond motifs is 1. The largest absolute Gasteiger partial charge is 0.377 e. The van der Waals surface area contributed by atoms with Crippen LogP contribution in [0.2, 0.25) is 0 Å². The first-order chi connectivity index (χ1) is 11.0. The molecule has 1 saturated heterocycles. The third-order valence-electron chi connectivity index (χ3n) is 5.36. The van der Waals surface area contributed by atoms with Crippen LogP contribution in [0.25, 0.3) is 0 Å². The van der Waals surface area contributed by atoms with Gasteiger partial charge in [0, 0.05) is 30.5 Å². The highest BCUT2D eigenvalue weighted by Crippen LogP contribution is 2.52. The van der Waals surface area contributed by atoms with Gasteiger partial charge in [0.15, 0.2) is 5.96 Å². The van der Waals surface area contributed by atoms with Gasteiger partial charge in [-0.05, 0) is 25.8 Å². The number of nitrogens with zero attached hydrogens (tertiary/aromatic N) is 1. The summed E-state index contributed by atoms with van der Waals surface area (Å²) in [6.07, 6.45) is 1.55. The van der Waals surface area contributed by atoms with E-state index >= 15 is 0 Å². The molecule has 0 bridgehead atoms. The molecule has 1 aliphatic heterocycles. The summed E-state index contributed by atoms with van der Waals surface area (Å²) in [5, 5.41) is 7.22. The Morgan fingerprint density at radius 3 is 2.78 bits per heavy atom.